The molecule has 106 valence electrons. The van der Waals surface area contributed by atoms with Crippen molar-refractivity contribution in [1.82, 2.24) is 9.80 Å². The molecule has 7 heteroatoms. The molecule has 0 aromatic heterocycles. The van der Waals surface area contributed by atoms with Gasteiger partial charge in [0.1, 0.15) is 6.61 Å². The minimum atomic E-state index is -0.842. The zero-order valence-electron chi connectivity index (χ0n) is 10.9. The van der Waals surface area contributed by atoms with Crippen molar-refractivity contribution in [3.8, 4) is 0 Å². The molecule has 19 heavy (non-hydrogen) atoms. The summed E-state index contributed by atoms with van der Waals surface area (Å²) in [5, 5.41) is 9.21. The predicted molar refractivity (Wildman–Crippen MR) is 64.5 cm³/mol. The van der Waals surface area contributed by atoms with Crippen molar-refractivity contribution in [1.29, 1.82) is 0 Å². The molecule has 2 fully saturated rings. The van der Waals surface area contributed by atoms with Crippen molar-refractivity contribution in [2.75, 3.05) is 32.8 Å². The number of ether oxygens (including phenoxy) is 1. The summed E-state index contributed by atoms with van der Waals surface area (Å²) in [6.45, 7) is 3.28. The maximum absolute atomic E-state index is 11.9. The normalized spacial score (nSPS) is 28.3. The Hall–Kier alpha value is -1.63. The van der Waals surface area contributed by atoms with E-state index in [0.29, 0.717) is 19.5 Å². The zero-order chi connectivity index (χ0) is 14.0. The van der Waals surface area contributed by atoms with Gasteiger partial charge < -0.3 is 9.84 Å². The Balaban J connectivity index is 1.94. The number of imide groups is 1. The summed E-state index contributed by atoms with van der Waals surface area (Å²) in [4.78, 5) is 37.3. The first kappa shape index (κ1) is 13.8. The highest BCUT2D eigenvalue weighted by molar-refractivity contribution is 5.94. The Labute approximate surface area is 111 Å². The molecule has 1 atom stereocenters. The number of amides is 2. The second kappa shape index (κ2) is 5.16. The lowest BCUT2D eigenvalue weighted by Crippen LogP contribution is -2.49. The van der Waals surface area contributed by atoms with Crippen LogP contribution < -0.4 is 0 Å². The lowest BCUT2D eigenvalue weighted by atomic mass is 9.82. The SMILES string of the molecule is CC1(C(=O)O)CCCN(CC(=O)N2CCOC2=O)C1. The topological polar surface area (TPSA) is 87.2 Å². The largest absolute Gasteiger partial charge is 0.481 e. The van der Waals surface area contributed by atoms with Crippen LogP contribution in [0.5, 0.6) is 0 Å². The summed E-state index contributed by atoms with van der Waals surface area (Å²) in [5.41, 5.74) is -0.815. The first-order valence-electron chi connectivity index (χ1n) is 6.35. The van der Waals surface area contributed by atoms with E-state index in [2.05, 4.69) is 0 Å². The van der Waals surface area contributed by atoms with Crippen LogP contribution in [0, 0.1) is 5.41 Å². The van der Waals surface area contributed by atoms with Crippen molar-refractivity contribution in [2.45, 2.75) is 19.8 Å². The van der Waals surface area contributed by atoms with Crippen LogP contribution in [-0.2, 0) is 14.3 Å². The second-order valence-electron chi connectivity index (χ2n) is 5.34. The Kier molecular flexibility index (Phi) is 3.75. The quantitative estimate of drug-likeness (QED) is 0.785. The number of carboxylic acids is 1. The van der Waals surface area contributed by atoms with E-state index in [1.165, 1.54) is 0 Å². The fourth-order valence-corrected chi connectivity index (χ4v) is 2.55. The van der Waals surface area contributed by atoms with Crippen molar-refractivity contribution in [3.63, 3.8) is 0 Å². The van der Waals surface area contributed by atoms with Crippen molar-refractivity contribution >= 4 is 18.0 Å². The summed E-state index contributed by atoms with van der Waals surface area (Å²) in [6, 6.07) is 0. The molecular formula is C12H18N2O5. The van der Waals surface area contributed by atoms with Crippen LogP contribution in [0.2, 0.25) is 0 Å². The van der Waals surface area contributed by atoms with Gasteiger partial charge in [-0.05, 0) is 26.3 Å². The minimum Gasteiger partial charge on any atom is -0.481 e. The first-order valence-corrected chi connectivity index (χ1v) is 6.35. The summed E-state index contributed by atoms with van der Waals surface area (Å²) < 4.78 is 4.71. The molecule has 2 heterocycles. The highest BCUT2D eigenvalue weighted by Crippen LogP contribution is 2.29. The molecule has 2 aliphatic rings. The first-order chi connectivity index (χ1) is 8.92. The maximum Gasteiger partial charge on any atom is 0.416 e. The molecule has 2 aliphatic heterocycles. The number of hydrogen-bond donors (Lipinski definition) is 1. The number of carbonyl (C=O) groups excluding carboxylic acids is 2. The van der Waals surface area contributed by atoms with Crippen LogP contribution >= 0.6 is 0 Å². The van der Waals surface area contributed by atoms with E-state index < -0.39 is 17.5 Å². The van der Waals surface area contributed by atoms with Gasteiger partial charge >= 0.3 is 12.1 Å². The van der Waals surface area contributed by atoms with E-state index in [1.807, 2.05) is 0 Å². The molecule has 0 saturated carbocycles. The average Bonchev–Trinajstić information content (AvgIpc) is 2.75. The van der Waals surface area contributed by atoms with Gasteiger partial charge in [0.25, 0.3) is 0 Å². The molecule has 2 saturated heterocycles. The predicted octanol–water partition coefficient (Wildman–Crippen LogP) is 0.152. The van der Waals surface area contributed by atoms with E-state index in [9.17, 15) is 19.5 Å². The standard InChI is InChI=1S/C12H18N2O5/c1-12(10(16)17)3-2-4-13(8-12)7-9(15)14-5-6-19-11(14)18/h2-8H2,1H3,(H,16,17). The Morgan fingerprint density at radius 2 is 2.16 bits per heavy atom. The Morgan fingerprint density at radius 3 is 2.74 bits per heavy atom. The van der Waals surface area contributed by atoms with E-state index in [0.717, 1.165) is 11.3 Å². The number of piperidine rings is 1. The molecule has 0 aromatic carbocycles. The summed E-state index contributed by atoms with van der Waals surface area (Å²) in [6.07, 6.45) is 0.738. The van der Waals surface area contributed by atoms with E-state index in [-0.39, 0.29) is 25.6 Å². The van der Waals surface area contributed by atoms with Crippen LogP contribution in [0.4, 0.5) is 4.79 Å². The third kappa shape index (κ3) is 2.86. The van der Waals surface area contributed by atoms with Crippen LogP contribution in [0.3, 0.4) is 0 Å². The summed E-state index contributed by atoms with van der Waals surface area (Å²) in [7, 11) is 0. The van der Waals surface area contributed by atoms with Gasteiger partial charge in [-0.2, -0.15) is 0 Å². The van der Waals surface area contributed by atoms with Gasteiger partial charge in [-0.25, -0.2) is 9.69 Å². The molecule has 0 bridgehead atoms. The highest BCUT2D eigenvalue weighted by atomic mass is 16.6. The number of rotatable bonds is 3. The average molecular weight is 270 g/mol. The second-order valence-corrected chi connectivity index (χ2v) is 5.34. The molecular weight excluding hydrogens is 252 g/mol. The van der Waals surface area contributed by atoms with Crippen LogP contribution in [0.1, 0.15) is 19.8 Å². The van der Waals surface area contributed by atoms with Crippen LogP contribution in [0.15, 0.2) is 0 Å². The van der Waals surface area contributed by atoms with Crippen molar-refractivity contribution in [3.05, 3.63) is 0 Å². The lowest BCUT2D eigenvalue weighted by Gasteiger charge is -2.37. The number of nitrogens with zero attached hydrogens (tertiary/aromatic N) is 2. The van der Waals surface area contributed by atoms with Crippen LogP contribution in [0.25, 0.3) is 0 Å². The zero-order valence-corrected chi connectivity index (χ0v) is 10.9. The molecule has 2 rings (SSSR count). The fourth-order valence-electron chi connectivity index (χ4n) is 2.55. The number of aliphatic carboxylic acids is 1. The molecule has 0 radical (unpaired) electrons. The summed E-state index contributed by atoms with van der Waals surface area (Å²) in [5.74, 6) is -1.16. The maximum atomic E-state index is 11.9. The lowest BCUT2D eigenvalue weighted by molar-refractivity contribution is -0.152. The molecule has 7 nitrogen and oxygen atoms in total. The number of hydrogen-bond acceptors (Lipinski definition) is 5. The molecule has 0 aliphatic carbocycles. The molecule has 1 unspecified atom stereocenters. The fraction of sp³-hybridized carbons (Fsp3) is 0.750. The van der Waals surface area contributed by atoms with Gasteiger partial charge in [-0.1, -0.05) is 0 Å². The third-order valence-corrected chi connectivity index (χ3v) is 3.71. The Bertz CT molecular complexity index is 411. The molecule has 2 amide bonds. The minimum absolute atomic E-state index is 0.0674. The molecule has 1 N–H and O–H groups in total. The van der Waals surface area contributed by atoms with Crippen LogP contribution in [-0.4, -0.2) is 65.7 Å². The van der Waals surface area contributed by atoms with E-state index >= 15 is 0 Å². The smallest absolute Gasteiger partial charge is 0.416 e. The third-order valence-electron chi connectivity index (χ3n) is 3.71. The van der Waals surface area contributed by atoms with Gasteiger partial charge in [0.2, 0.25) is 5.91 Å². The number of cyclic esters (lactones) is 1. The summed E-state index contributed by atoms with van der Waals surface area (Å²) >= 11 is 0. The monoisotopic (exact) mass is 270 g/mol. The van der Waals surface area contributed by atoms with Gasteiger partial charge in [-0.3, -0.25) is 14.5 Å². The molecule has 0 aromatic rings. The van der Waals surface area contributed by atoms with Gasteiger partial charge in [-0.15, -0.1) is 0 Å². The van der Waals surface area contributed by atoms with Gasteiger partial charge in [0.05, 0.1) is 18.5 Å². The van der Waals surface area contributed by atoms with E-state index in [4.69, 9.17) is 4.74 Å². The van der Waals surface area contributed by atoms with Gasteiger partial charge in [0.15, 0.2) is 0 Å². The molecule has 0 spiro atoms. The number of carboxylic acid groups (broad SMARTS) is 1. The number of carbonyl (C=O) groups is 3. The van der Waals surface area contributed by atoms with E-state index in [1.54, 1.807) is 11.8 Å². The van der Waals surface area contributed by atoms with Gasteiger partial charge in [0, 0.05) is 6.54 Å². The van der Waals surface area contributed by atoms with Crippen molar-refractivity contribution in [2.24, 2.45) is 5.41 Å². The van der Waals surface area contributed by atoms with Crippen molar-refractivity contribution < 1.29 is 24.2 Å². The number of likely N-dealkylation sites (tertiary alicyclic amines) is 1. The Morgan fingerprint density at radius 1 is 1.42 bits per heavy atom. The highest BCUT2D eigenvalue weighted by Gasteiger charge is 2.39.